The van der Waals surface area contributed by atoms with Gasteiger partial charge in [0, 0.05) is 16.8 Å². The first-order valence-electron chi connectivity index (χ1n) is 6.30. The molecule has 0 radical (unpaired) electrons. The standard InChI is InChI=1S/C14H12F3N3/c15-14(16,17)8-2-3-9-11(5-8)20-13-7(6-18)1-4-10(19)12(9)13/h1,4,8,20H,2-3,5,19H2. The van der Waals surface area contributed by atoms with Gasteiger partial charge in [0.05, 0.1) is 17.0 Å². The van der Waals surface area contributed by atoms with Crippen molar-refractivity contribution in [1.29, 1.82) is 5.26 Å². The van der Waals surface area contributed by atoms with Gasteiger partial charge in [0.15, 0.2) is 0 Å². The van der Waals surface area contributed by atoms with Crippen molar-refractivity contribution < 1.29 is 13.2 Å². The molecule has 104 valence electrons. The van der Waals surface area contributed by atoms with E-state index in [1.165, 1.54) is 0 Å². The minimum absolute atomic E-state index is 0.0691. The summed E-state index contributed by atoms with van der Waals surface area (Å²) in [6.07, 6.45) is -3.85. The van der Waals surface area contributed by atoms with Crippen molar-refractivity contribution >= 4 is 16.6 Å². The summed E-state index contributed by atoms with van der Waals surface area (Å²) in [4.78, 5) is 2.98. The molecule has 0 aliphatic heterocycles. The van der Waals surface area contributed by atoms with Crippen molar-refractivity contribution in [2.24, 2.45) is 5.92 Å². The molecule has 0 fully saturated rings. The molecule has 1 unspecified atom stereocenters. The van der Waals surface area contributed by atoms with E-state index in [1.54, 1.807) is 12.1 Å². The molecule has 3 nitrogen and oxygen atoms in total. The van der Waals surface area contributed by atoms with Gasteiger partial charge in [-0.3, -0.25) is 0 Å². The summed E-state index contributed by atoms with van der Waals surface area (Å²) in [6.45, 7) is 0. The highest BCUT2D eigenvalue weighted by Crippen LogP contribution is 2.41. The van der Waals surface area contributed by atoms with Crippen molar-refractivity contribution in [1.82, 2.24) is 4.98 Å². The van der Waals surface area contributed by atoms with E-state index in [2.05, 4.69) is 4.98 Å². The van der Waals surface area contributed by atoms with Gasteiger partial charge in [0.2, 0.25) is 0 Å². The molecule has 1 aromatic heterocycles. The average Bonchev–Trinajstić information content (AvgIpc) is 2.77. The number of alkyl halides is 3. The number of hydrogen-bond acceptors (Lipinski definition) is 2. The molecule has 0 bridgehead atoms. The Hall–Kier alpha value is -2.16. The summed E-state index contributed by atoms with van der Waals surface area (Å²) < 4.78 is 38.5. The summed E-state index contributed by atoms with van der Waals surface area (Å²) in [5.74, 6) is -1.32. The maximum Gasteiger partial charge on any atom is 0.392 e. The van der Waals surface area contributed by atoms with Crippen LogP contribution in [-0.2, 0) is 12.8 Å². The van der Waals surface area contributed by atoms with Crippen molar-refractivity contribution in [2.75, 3.05) is 5.73 Å². The maximum absolute atomic E-state index is 12.8. The number of aryl methyl sites for hydroxylation is 1. The Morgan fingerprint density at radius 3 is 2.75 bits per heavy atom. The van der Waals surface area contributed by atoms with Gasteiger partial charge >= 0.3 is 6.18 Å². The number of hydrogen-bond donors (Lipinski definition) is 2. The first-order valence-corrected chi connectivity index (χ1v) is 6.30. The number of nitriles is 1. The smallest absolute Gasteiger partial charge is 0.392 e. The number of rotatable bonds is 0. The first-order chi connectivity index (χ1) is 9.41. The number of aromatic amines is 1. The molecule has 1 aliphatic rings. The van der Waals surface area contributed by atoms with Gasteiger partial charge < -0.3 is 10.7 Å². The third-order valence-electron chi connectivity index (χ3n) is 3.96. The largest absolute Gasteiger partial charge is 0.398 e. The number of anilines is 1. The van der Waals surface area contributed by atoms with Gasteiger partial charge in [0.1, 0.15) is 6.07 Å². The SMILES string of the molecule is N#Cc1ccc(N)c2c3c([nH]c12)CC(C(F)(F)F)CC3. The zero-order valence-electron chi connectivity index (χ0n) is 10.5. The van der Waals surface area contributed by atoms with Crippen LogP contribution in [0.3, 0.4) is 0 Å². The number of benzene rings is 1. The molecule has 0 amide bonds. The second-order valence-electron chi connectivity index (χ2n) is 5.13. The van der Waals surface area contributed by atoms with Gasteiger partial charge in [-0.15, -0.1) is 0 Å². The zero-order valence-corrected chi connectivity index (χ0v) is 10.5. The number of nitrogen functional groups attached to an aromatic ring is 1. The molecular weight excluding hydrogens is 267 g/mol. The van der Waals surface area contributed by atoms with Crippen molar-refractivity contribution in [3.05, 3.63) is 29.0 Å². The van der Waals surface area contributed by atoms with Gasteiger partial charge in [-0.2, -0.15) is 18.4 Å². The Balaban J connectivity index is 2.16. The average molecular weight is 279 g/mol. The number of fused-ring (bicyclic) bond motifs is 3. The molecule has 1 aliphatic carbocycles. The zero-order chi connectivity index (χ0) is 14.5. The molecule has 3 N–H and O–H groups in total. The second-order valence-corrected chi connectivity index (χ2v) is 5.13. The quantitative estimate of drug-likeness (QED) is 0.727. The van der Waals surface area contributed by atoms with Crippen LogP contribution in [-0.4, -0.2) is 11.2 Å². The highest BCUT2D eigenvalue weighted by Gasteiger charge is 2.42. The van der Waals surface area contributed by atoms with E-state index >= 15 is 0 Å². The van der Waals surface area contributed by atoms with E-state index in [4.69, 9.17) is 11.0 Å². The van der Waals surface area contributed by atoms with Crippen LogP contribution in [0, 0.1) is 17.2 Å². The summed E-state index contributed by atoms with van der Waals surface area (Å²) >= 11 is 0. The van der Waals surface area contributed by atoms with E-state index in [1.807, 2.05) is 6.07 Å². The Morgan fingerprint density at radius 2 is 2.10 bits per heavy atom. The lowest BCUT2D eigenvalue weighted by atomic mass is 9.86. The highest BCUT2D eigenvalue weighted by molar-refractivity contribution is 5.98. The monoisotopic (exact) mass is 279 g/mol. The predicted octanol–water partition coefficient (Wildman–Crippen LogP) is 3.29. The number of nitrogens with one attached hydrogen (secondary N) is 1. The van der Waals surface area contributed by atoms with Crippen LogP contribution in [0.2, 0.25) is 0 Å². The fourth-order valence-corrected chi connectivity index (χ4v) is 2.94. The van der Waals surface area contributed by atoms with Crippen LogP contribution in [0.25, 0.3) is 10.9 Å². The molecule has 1 heterocycles. The van der Waals surface area contributed by atoms with E-state index in [0.29, 0.717) is 34.3 Å². The van der Waals surface area contributed by atoms with Gasteiger partial charge in [-0.05, 0) is 37.0 Å². The molecule has 20 heavy (non-hydrogen) atoms. The second kappa shape index (κ2) is 4.17. The fraction of sp³-hybridized carbons (Fsp3) is 0.357. The number of nitrogens with two attached hydrogens (primary N) is 1. The Morgan fingerprint density at radius 1 is 1.35 bits per heavy atom. The van der Waals surface area contributed by atoms with Crippen LogP contribution in [0.1, 0.15) is 23.2 Å². The van der Waals surface area contributed by atoms with Gasteiger partial charge in [-0.1, -0.05) is 0 Å². The summed E-state index contributed by atoms with van der Waals surface area (Å²) in [5, 5.41) is 9.79. The molecule has 3 rings (SSSR count). The van der Waals surface area contributed by atoms with E-state index < -0.39 is 12.1 Å². The summed E-state index contributed by atoms with van der Waals surface area (Å²) in [5.41, 5.74) is 8.77. The Bertz CT molecular complexity index is 722. The highest BCUT2D eigenvalue weighted by atomic mass is 19.4. The summed E-state index contributed by atoms with van der Waals surface area (Å²) in [7, 11) is 0. The molecule has 1 aromatic carbocycles. The third-order valence-corrected chi connectivity index (χ3v) is 3.96. The van der Waals surface area contributed by atoms with E-state index in [-0.39, 0.29) is 12.8 Å². The molecule has 2 aromatic rings. The Kier molecular flexibility index (Phi) is 2.68. The normalized spacial score (nSPS) is 18.8. The maximum atomic E-state index is 12.8. The van der Waals surface area contributed by atoms with Crippen LogP contribution in [0.15, 0.2) is 12.1 Å². The molecule has 6 heteroatoms. The fourth-order valence-electron chi connectivity index (χ4n) is 2.94. The number of H-pyrrole nitrogens is 1. The predicted molar refractivity (Wildman–Crippen MR) is 69.0 cm³/mol. The van der Waals surface area contributed by atoms with Crippen molar-refractivity contribution in [2.45, 2.75) is 25.4 Å². The van der Waals surface area contributed by atoms with Gasteiger partial charge in [0.25, 0.3) is 0 Å². The minimum atomic E-state index is -4.18. The molecule has 0 saturated carbocycles. The lowest BCUT2D eigenvalue weighted by Gasteiger charge is -2.24. The Labute approximate surface area is 113 Å². The third kappa shape index (κ3) is 1.82. The molecule has 1 atom stereocenters. The topological polar surface area (TPSA) is 65.6 Å². The van der Waals surface area contributed by atoms with Crippen LogP contribution >= 0.6 is 0 Å². The number of aromatic nitrogens is 1. The van der Waals surface area contributed by atoms with Crippen molar-refractivity contribution in [3.8, 4) is 6.07 Å². The number of halogens is 3. The lowest BCUT2D eigenvalue weighted by Crippen LogP contribution is -2.28. The van der Waals surface area contributed by atoms with Crippen molar-refractivity contribution in [3.63, 3.8) is 0 Å². The number of nitrogens with zero attached hydrogens (tertiary/aromatic N) is 1. The summed E-state index contributed by atoms with van der Waals surface area (Å²) in [6, 6.07) is 5.25. The lowest BCUT2D eigenvalue weighted by molar-refractivity contribution is -0.177. The van der Waals surface area contributed by atoms with Crippen LogP contribution < -0.4 is 5.73 Å². The molecular formula is C14H12F3N3. The molecule has 0 spiro atoms. The van der Waals surface area contributed by atoms with Gasteiger partial charge in [-0.25, -0.2) is 0 Å². The van der Waals surface area contributed by atoms with E-state index in [0.717, 1.165) is 5.56 Å². The van der Waals surface area contributed by atoms with E-state index in [9.17, 15) is 13.2 Å². The minimum Gasteiger partial charge on any atom is -0.398 e. The van der Waals surface area contributed by atoms with Crippen LogP contribution in [0.5, 0.6) is 0 Å². The first kappa shape index (κ1) is 12.9. The van der Waals surface area contributed by atoms with Crippen LogP contribution in [0.4, 0.5) is 18.9 Å². The molecule has 0 saturated heterocycles.